The third-order valence-electron chi connectivity index (χ3n) is 5.71. The van der Waals surface area contributed by atoms with Crippen LogP contribution in [0.1, 0.15) is 45.7 Å². The van der Waals surface area contributed by atoms with E-state index in [2.05, 4.69) is 16.2 Å². The molecule has 192 valence electrons. The number of ether oxygens (including phenoxy) is 5. The van der Waals surface area contributed by atoms with E-state index < -0.39 is 48.6 Å². The minimum atomic E-state index is -1.97. The normalized spacial score (nSPS) is 26.6. The number of carbonyl (C=O) groups excluding carboxylic acids is 3. The summed E-state index contributed by atoms with van der Waals surface area (Å²) in [5.41, 5.74) is 4.24. The second-order valence-corrected chi connectivity index (χ2v) is 9.79. The van der Waals surface area contributed by atoms with Crippen molar-refractivity contribution < 1.29 is 38.1 Å². The number of aromatic nitrogens is 3. The van der Waals surface area contributed by atoms with Crippen LogP contribution in [0, 0.1) is 16.7 Å². The number of nitrogens with two attached hydrogens (primary N) is 1. The van der Waals surface area contributed by atoms with E-state index in [0.717, 1.165) is 0 Å². The van der Waals surface area contributed by atoms with Crippen LogP contribution in [-0.2, 0) is 38.9 Å². The van der Waals surface area contributed by atoms with E-state index in [4.69, 9.17) is 29.4 Å². The highest BCUT2D eigenvalue weighted by atomic mass is 16.7. The van der Waals surface area contributed by atoms with Gasteiger partial charge in [0.25, 0.3) is 0 Å². The molecule has 2 N–H and O–H groups in total. The van der Waals surface area contributed by atoms with E-state index in [0.29, 0.717) is 5.52 Å². The van der Waals surface area contributed by atoms with Gasteiger partial charge in [-0.1, -0.05) is 20.8 Å². The summed E-state index contributed by atoms with van der Waals surface area (Å²) in [5, 5.41) is 14.5. The molecule has 4 atom stereocenters. The first-order chi connectivity index (χ1) is 17.0. The number of rotatable bonds is 4. The quantitative estimate of drug-likeness (QED) is 0.474. The summed E-state index contributed by atoms with van der Waals surface area (Å²) in [4.78, 5) is 41.2. The molecule has 0 amide bonds. The molecular formula is C23H27N5O8. The second kappa shape index (κ2) is 9.62. The maximum Gasteiger partial charge on any atom is 0.508 e. The zero-order chi connectivity index (χ0) is 26.1. The Morgan fingerprint density at radius 2 is 1.97 bits per heavy atom. The summed E-state index contributed by atoms with van der Waals surface area (Å²) in [5.74, 6) is -1.08. The average Bonchev–Trinajstić information content (AvgIpc) is 3.38. The summed E-state index contributed by atoms with van der Waals surface area (Å²) in [6.07, 6.45) is -3.41. The molecule has 2 aliphatic heterocycles. The predicted octanol–water partition coefficient (Wildman–Crippen LogP) is 1.64. The molecule has 0 aromatic carbocycles. The van der Waals surface area contributed by atoms with Crippen molar-refractivity contribution in [2.75, 3.05) is 18.9 Å². The van der Waals surface area contributed by atoms with Gasteiger partial charge in [0.1, 0.15) is 30.6 Å². The summed E-state index contributed by atoms with van der Waals surface area (Å²) < 4.78 is 29.0. The predicted molar refractivity (Wildman–Crippen MR) is 120 cm³/mol. The van der Waals surface area contributed by atoms with Crippen LogP contribution in [0.25, 0.3) is 5.52 Å². The summed E-state index contributed by atoms with van der Waals surface area (Å²) in [6, 6.07) is 5.19. The Bertz CT molecular complexity index is 1220. The first-order valence-corrected chi connectivity index (χ1v) is 11.4. The van der Waals surface area contributed by atoms with Crippen LogP contribution < -0.4 is 5.73 Å². The van der Waals surface area contributed by atoms with Crippen molar-refractivity contribution in [3.63, 3.8) is 0 Å². The fraction of sp³-hybridized carbons (Fsp3) is 0.565. The molecule has 0 unspecified atom stereocenters. The summed E-state index contributed by atoms with van der Waals surface area (Å²) >= 11 is 0. The van der Waals surface area contributed by atoms with Crippen LogP contribution in [0.5, 0.6) is 0 Å². The maximum absolute atomic E-state index is 12.6. The third-order valence-corrected chi connectivity index (χ3v) is 5.71. The average molecular weight is 501 g/mol. The number of carbonyl (C=O) groups is 3. The standard InChI is InChI=1S/C23H27N5O8/c1-22(2,3)11-33-21(31)32-9-14-18-19(35-17(30)6-4-5-16(29)34-18)23(10-24,36-14)15-8-7-13-20(25)26-12-27-28(13)15/h7-8,12,14,18-19H,4-6,9,11H2,1-3H3,(H2,25,26,27)/t14-,18-,19-,23+/m1/s1. The maximum atomic E-state index is 12.6. The van der Waals surface area contributed by atoms with Crippen LogP contribution in [0.4, 0.5) is 10.6 Å². The van der Waals surface area contributed by atoms with Crippen LogP contribution >= 0.6 is 0 Å². The smallest absolute Gasteiger partial charge is 0.455 e. The van der Waals surface area contributed by atoms with Crippen molar-refractivity contribution in [3.05, 3.63) is 24.2 Å². The lowest BCUT2D eigenvalue weighted by molar-refractivity contribution is -0.166. The van der Waals surface area contributed by atoms with E-state index in [1.54, 1.807) is 6.07 Å². The lowest BCUT2D eigenvalue weighted by atomic mass is 9.92. The van der Waals surface area contributed by atoms with E-state index in [9.17, 15) is 19.6 Å². The van der Waals surface area contributed by atoms with Gasteiger partial charge < -0.3 is 29.4 Å². The van der Waals surface area contributed by atoms with Gasteiger partial charge in [0.2, 0.25) is 5.60 Å². The number of hydrogen-bond donors (Lipinski definition) is 1. The molecule has 4 rings (SSSR count). The molecule has 2 saturated heterocycles. The minimum absolute atomic E-state index is 0.0309. The van der Waals surface area contributed by atoms with Gasteiger partial charge in [0, 0.05) is 12.8 Å². The van der Waals surface area contributed by atoms with Gasteiger partial charge in [-0.05, 0) is 24.0 Å². The monoisotopic (exact) mass is 501 g/mol. The third kappa shape index (κ3) is 4.90. The summed E-state index contributed by atoms with van der Waals surface area (Å²) in [6.45, 7) is 5.33. The van der Waals surface area contributed by atoms with Crippen molar-refractivity contribution in [2.24, 2.45) is 5.41 Å². The number of nitrogens with zero attached hydrogens (tertiary/aromatic N) is 4. The van der Waals surface area contributed by atoms with Crippen LogP contribution in [0.15, 0.2) is 18.5 Å². The SMILES string of the molecule is CC(C)(C)COC(=O)OC[C@H]1O[C@@](C#N)(c2ccc3c(N)ncnn23)[C@@H]2OC(=O)CCCC(=O)O[C@@H]21. The van der Waals surface area contributed by atoms with Gasteiger partial charge in [-0.2, -0.15) is 10.4 Å². The number of fused-ring (bicyclic) bond motifs is 2. The van der Waals surface area contributed by atoms with E-state index >= 15 is 0 Å². The fourth-order valence-corrected chi connectivity index (χ4v) is 4.06. The van der Waals surface area contributed by atoms with E-state index in [-0.39, 0.29) is 42.8 Å². The molecule has 2 aromatic rings. The lowest BCUT2D eigenvalue weighted by Gasteiger charge is -2.28. The van der Waals surface area contributed by atoms with Crippen LogP contribution in [0.3, 0.4) is 0 Å². The highest BCUT2D eigenvalue weighted by Gasteiger charge is 2.63. The van der Waals surface area contributed by atoms with Gasteiger partial charge in [0.05, 0.1) is 12.3 Å². The van der Waals surface area contributed by atoms with Crippen LogP contribution in [-0.4, -0.2) is 64.2 Å². The molecule has 13 nitrogen and oxygen atoms in total. The Labute approximate surface area is 206 Å². The molecule has 0 spiro atoms. The van der Waals surface area contributed by atoms with Crippen LogP contribution in [0.2, 0.25) is 0 Å². The number of nitrogen functional groups attached to an aromatic ring is 1. The topological polar surface area (TPSA) is 177 Å². The molecule has 2 aromatic heterocycles. The molecule has 0 saturated carbocycles. The fourth-order valence-electron chi connectivity index (χ4n) is 4.06. The minimum Gasteiger partial charge on any atom is -0.455 e. The first-order valence-electron chi connectivity index (χ1n) is 11.4. The zero-order valence-corrected chi connectivity index (χ0v) is 20.1. The number of anilines is 1. The number of nitriles is 1. The Morgan fingerprint density at radius 1 is 1.25 bits per heavy atom. The van der Waals surface area contributed by atoms with Crippen molar-refractivity contribution in [1.29, 1.82) is 5.26 Å². The van der Waals surface area contributed by atoms with E-state index in [1.165, 1.54) is 16.9 Å². The van der Waals surface area contributed by atoms with Gasteiger partial charge in [-0.25, -0.2) is 14.3 Å². The largest absolute Gasteiger partial charge is 0.508 e. The Balaban J connectivity index is 1.71. The molecule has 2 aliphatic rings. The molecular weight excluding hydrogens is 474 g/mol. The lowest BCUT2D eigenvalue weighted by Crippen LogP contribution is -2.45. The van der Waals surface area contributed by atoms with Crippen molar-refractivity contribution in [3.8, 4) is 6.07 Å². The Hall–Kier alpha value is -3.92. The molecule has 2 fully saturated rings. The highest BCUT2D eigenvalue weighted by molar-refractivity contribution is 5.74. The molecule has 0 radical (unpaired) electrons. The molecule has 0 bridgehead atoms. The molecule has 4 heterocycles. The molecule has 0 aliphatic carbocycles. The molecule has 36 heavy (non-hydrogen) atoms. The number of esters is 2. The van der Waals surface area contributed by atoms with Gasteiger partial charge in [0.15, 0.2) is 18.0 Å². The first kappa shape index (κ1) is 25.2. The van der Waals surface area contributed by atoms with Crippen molar-refractivity contribution >= 4 is 29.4 Å². The second-order valence-electron chi connectivity index (χ2n) is 9.79. The summed E-state index contributed by atoms with van der Waals surface area (Å²) in [7, 11) is 0. The Kier molecular flexibility index (Phi) is 6.73. The Morgan fingerprint density at radius 3 is 2.67 bits per heavy atom. The van der Waals surface area contributed by atoms with Crippen molar-refractivity contribution in [1.82, 2.24) is 14.6 Å². The van der Waals surface area contributed by atoms with Gasteiger partial charge in [-0.15, -0.1) is 0 Å². The van der Waals surface area contributed by atoms with Crippen molar-refractivity contribution in [2.45, 2.75) is 63.9 Å². The van der Waals surface area contributed by atoms with Gasteiger partial charge in [-0.3, -0.25) is 9.59 Å². The van der Waals surface area contributed by atoms with E-state index in [1.807, 2.05) is 20.8 Å². The number of hydrogen-bond acceptors (Lipinski definition) is 12. The zero-order valence-electron chi connectivity index (χ0n) is 20.1. The molecule has 13 heteroatoms. The highest BCUT2D eigenvalue weighted by Crippen LogP contribution is 2.44. The van der Waals surface area contributed by atoms with Gasteiger partial charge >= 0.3 is 18.1 Å².